The number of aromatic amines is 1. The molecule has 0 aliphatic rings. The highest BCUT2D eigenvalue weighted by atomic mass is 79.9. The van der Waals surface area contributed by atoms with Gasteiger partial charge in [-0.05, 0) is 52.4 Å². The number of imidazole rings is 1. The lowest BCUT2D eigenvalue weighted by Crippen LogP contribution is -1.96. The molecule has 2 aromatic carbocycles. The van der Waals surface area contributed by atoms with E-state index in [0.29, 0.717) is 36.1 Å². The maximum Gasteiger partial charge on any atom is 0.182 e. The maximum absolute atomic E-state index is 9.17. The Morgan fingerprint density at radius 2 is 1.95 bits per heavy atom. The van der Waals surface area contributed by atoms with Gasteiger partial charge in [0.1, 0.15) is 6.07 Å². The van der Waals surface area contributed by atoms with Crippen molar-refractivity contribution in [3.63, 3.8) is 0 Å². The first-order chi connectivity index (χ1) is 10.0. The van der Waals surface area contributed by atoms with Crippen LogP contribution < -0.4 is 0 Å². The Kier molecular flexibility index (Phi) is 3.80. The highest BCUT2D eigenvalue weighted by Gasteiger charge is 2.15. The van der Waals surface area contributed by atoms with Crippen LogP contribution in [0.4, 0.5) is 0 Å². The van der Waals surface area contributed by atoms with E-state index in [-0.39, 0.29) is 0 Å². The van der Waals surface area contributed by atoms with Crippen LogP contribution in [0.5, 0.6) is 0 Å². The molecule has 0 radical (unpaired) electrons. The molecule has 21 heavy (non-hydrogen) atoms. The number of nitriles is 1. The molecule has 3 aromatic rings. The summed E-state index contributed by atoms with van der Waals surface area (Å²) < 4.78 is 2.93. The SMILES string of the molecule is N#Cc1cccc2c1[nH]c(=S)n2-c1ccc(Br)c(Cl)c1Cl. The van der Waals surface area contributed by atoms with Gasteiger partial charge in [-0.25, -0.2) is 0 Å². The third-order valence-corrected chi connectivity index (χ3v) is 5.14. The van der Waals surface area contributed by atoms with Gasteiger partial charge < -0.3 is 4.98 Å². The average Bonchev–Trinajstić information content (AvgIpc) is 2.81. The molecule has 0 aliphatic carbocycles. The molecule has 1 aromatic heterocycles. The van der Waals surface area contributed by atoms with Crippen molar-refractivity contribution >= 4 is 62.4 Å². The van der Waals surface area contributed by atoms with E-state index in [9.17, 15) is 5.26 Å². The summed E-state index contributed by atoms with van der Waals surface area (Å²) in [5, 5.41) is 9.99. The number of hydrogen-bond acceptors (Lipinski definition) is 2. The van der Waals surface area contributed by atoms with Gasteiger partial charge in [0.2, 0.25) is 0 Å². The molecule has 0 fully saturated rings. The van der Waals surface area contributed by atoms with Crippen LogP contribution in [0.1, 0.15) is 5.56 Å². The van der Waals surface area contributed by atoms with Crippen molar-refractivity contribution in [2.45, 2.75) is 0 Å². The zero-order valence-electron chi connectivity index (χ0n) is 10.3. The zero-order chi connectivity index (χ0) is 15.1. The Labute approximate surface area is 143 Å². The minimum Gasteiger partial charge on any atom is -0.329 e. The second-order valence-electron chi connectivity index (χ2n) is 4.27. The molecule has 3 nitrogen and oxygen atoms in total. The smallest absolute Gasteiger partial charge is 0.182 e. The minimum atomic E-state index is 0.394. The van der Waals surface area contributed by atoms with Crippen LogP contribution >= 0.6 is 51.3 Å². The predicted octanol–water partition coefficient (Wildman–Crippen LogP) is 5.63. The van der Waals surface area contributed by atoms with Crippen LogP contribution in [0.2, 0.25) is 10.0 Å². The quantitative estimate of drug-likeness (QED) is 0.426. The standard InChI is InChI=1S/C14H6BrCl2N3S/c15-8-4-5-9(12(17)11(8)16)20-10-3-1-2-7(6-18)13(10)19-14(20)21/h1-5H,(H,19,21). The number of hydrogen-bond donors (Lipinski definition) is 1. The van der Waals surface area contributed by atoms with Crippen LogP contribution in [0.25, 0.3) is 16.7 Å². The normalized spacial score (nSPS) is 10.8. The summed E-state index contributed by atoms with van der Waals surface area (Å²) in [4.78, 5) is 3.05. The van der Waals surface area contributed by atoms with Crippen molar-refractivity contribution < 1.29 is 0 Å². The maximum atomic E-state index is 9.17. The Bertz CT molecular complexity index is 969. The van der Waals surface area contributed by atoms with Gasteiger partial charge in [0.25, 0.3) is 0 Å². The highest BCUT2D eigenvalue weighted by molar-refractivity contribution is 9.10. The van der Waals surface area contributed by atoms with E-state index in [0.717, 1.165) is 5.52 Å². The van der Waals surface area contributed by atoms with Gasteiger partial charge in [-0.2, -0.15) is 5.26 Å². The number of fused-ring (bicyclic) bond motifs is 1. The molecule has 104 valence electrons. The van der Waals surface area contributed by atoms with E-state index in [1.54, 1.807) is 22.8 Å². The van der Waals surface area contributed by atoms with Crippen molar-refractivity contribution in [3.05, 3.63) is 55.2 Å². The molecule has 0 bridgehead atoms. The summed E-state index contributed by atoms with van der Waals surface area (Å²) in [7, 11) is 0. The van der Waals surface area contributed by atoms with Crippen LogP contribution in [0.3, 0.4) is 0 Å². The fourth-order valence-corrected chi connectivity index (χ4v) is 3.30. The van der Waals surface area contributed by atoms with Gasteiger partial charge in [0.05, 0.1) is 32.3 Å². The lowest BCUT2D eigenvalue weighted by molar-refractivity contribution is 1.06. The number of aromatic nitrogens is 2. The second kappa shape index (κ2) is 5.47. The summed E-state index contributed by atoms with van der Waals surface area (Å²) in [6.45, 7) is 0. The molecule has 0 amide bonds. The van der Waals surface area contributed by atoms with E-state index < -0.39 is 0 Å². The third kappa shape index (κ3) is 2.29. The number of benzene rings is 2. The Morgan fingerprint density at radius 3 is 2.67 bits per heavy atom. The van der Waals surface area contributed by atoms with Gasteiger partial charge in [0, 0.05) is 4.47 Å². The lowest BCUT2D eigenvalue weighted by atomic mass is 10.2. The average molecular weight is 399 g/mol. The zero-order valence-corrected chi connectivity index (χ0v) is 14.2. The van der Waals surface area contributed by atoms with E-state index in [1.807, 2.05) is 12.1 Å². The molecule has 0 saturated carbocycles. The topological polar surface area (TPSA) is 44.5 Å². The highest BCUT2D eigenvalue weighted by Crippen LogP contribution is 2.36. The van der Waals surface area contributed by atoms with Gasteiger partial charge in [-0.15, -0.1) is 0 Å². The molecular formula is C14H6BrCl2N3S. The van der Waals surface area contributed by atoms with Crippen LogP contribution in [0, 0.1) is 16.1 Å². The minimum absolute atomic E-state index is 0.394. The Morgan fingerprint density at radius 1 is 1.19 bits per heavy atom. The van der Waals surface area contributed by atoms with Crippen LogP contribution in [-0.2, 0) is 0 Å². The fraction of sp³-hybridized carbons (Fsp3) is 0. The molecule has 3 rings (SSSR count). The first-order valence-electron chi connectivity index (χ1n) is 5.82. The molecule has 0 atom stereocenters. The molecule has 7 heteroatoms. The molecule has 1 N–H and O–H groups in total. The summed E-state index contributed by atoms with van der Waals surface area (Å²) in [5.41, 5.74) is 2.65. The van der Waals surface area contributed by atoms with Crippen molar-refractivity contribution in [3.8, 4) is 11.8 Å². The largest absolute Gasteiger partial charge is 0.329 e. The Hall–Kier alpha value is -1.32. The number of rotatable bonds is 1. The number of nitrogens with zero attached hydrogens (tertiary/aromatic N) is 2. The number of H-pyrrole nitrogens is 1. The van der Waals surface area contributed by atoms with Gasteiger partial charge in [-0.3, -0.25) is 4.57 Å². The monoisotopic (exact) mass is 397 g/mol. The molecule has 0 spiro atoms. The van der Waals surface area contributed by atoms with Crippen molar-refractivity contribution in [1.82, 2.24) is 9.55 Å². The van der Waals surface area contributed by atoms with E-state index in [4.69, 9.17) is 35.4 Å². The number of para-hydroxylation sites is 1. The fourth-order valence-electron chi connectivity index (χ4n) is 2.15. The van der Waals surface area contributed by atoms with E-state index >= 15 is 0 Å². The molecular weight excluding hydrogens is 393 g/mol. The van der Waals surface area contributed by atoms with Gasteiger partial charge in [0.15, 0.2) is 4.77 Å². The summed E-state index contributed by atoms with van der Waals surface area (Å²) in [5.74, 6) is 0. The predicted molar refractivity (Wildman–Crippen MR) is 90.9 cm³/mol. The van der Waals surface area contributed by atoms with Gasteiger partial charge in [-0.1, -0.05) is 29.3 Å². The Balaban J connectivity index is 2.43. The second-order valence-corrected chi connectivity index (χ2v) is 6.27. The molecule has 0 unspecified atom stereocenters. The lowest BCUT2D eigenvalue weighted by Gasteiger charge is -2.09. The van der Waals surface area contributed by atoms with Crippen LogP contribution in [-0.4, -0.2) is 9.55 Å². The summed E-state index contributed by atoms with van der Waals surface area (Å²) in [6.07, 6.45) is 0. The number of nitrogens with one attached hydrogen (secondary N) is 1. The van der Waals surface area contributed by atoms with E-state index in [2.05, 4.69) is 27.0 Å². The van der Waals surface area contributed by atoms with Crippen molar-refractivity contribution in [1.29, 1.82) is 5.26 Å². The van der Waals surface area contributed by atoms with Crippen molar-refractivity contribution in [2.24, 2.45) is 0 Å². The molecule has 0 saturated heterocycles. The van der Waals surface area contributed by atoms with Crippen LogP contribution in [0.15, 0.2) is 34.8 Å². The molecule has 1 heterocycles. The number of halogens is 3. The first kappa shape index (κ1) is 14.6. The van der Waals surface area contributed by atoms with E-state index in [1.165, 1.54) is 0 Å². The summed E-state index contributed by atoms with van der Waals surface area (Å²) >= 11 is 21.2. The summed E-state index contributed by atoms with van der Waals surface area (Å²) in [6, 6.07) is 11.2. The molecule has 0 aliphatic heterocycles. The first-order valence-corrected chi connectivity index (χ1v) is 7.78. The van der Waals surface area contributed by atoms with Crippen molar-refractivity contribution in [2.75, 3.05) is 0 Å². The van der Waals surface area contributed by atoms with Gasteiger partial charge >= 0.3 is 0 Å². The third-order valence-electron chi connectivity index (χ3n) is 3.09.